The predicted octanol–water partition coefficient (Wildman–Crippen LogP) is 6.50. The van der Waals surface area contributed by atoms with E-state index in [0.717, 1.165) is 6.07 Å². The molecule has 0 saturated carbocycles. The quantitative estimate of drug-likeness (QED) is 0.289. The van der Waals surface area contributed by atoms with Gasteiger partial charge < -0.3 is 5.32 Å². The molecule has 4 aromatic rings. The first-order chi connectivity index (χ1) is 15.9. The maximum atomic E-state index is 13.8. The van der Waals surface area contributed by atoms with Crippen LogP contribution in [0.25, 0.3) is 16.9 Å². The van der Waals surface area contributed by atoms with Gasteiger partial charge in [0.05, 0.1) is 20.8 Å². The molecule has 3 heterocycles. The van der Waals surface area contributed by atoms with Crippen LogP contribution in [0.1, 0.15) is 21.7 Å². The second kappa shape index (κ2) is 8.55. The fourth-order valence-electron chi connectivity index (χ4n) is 2.95. The monoisotopic (exact) mass is 563 g/mol. The zero-order valence-electron chi connectivity index (χ0n) is 16.3. The van der Waals surface area contributed by atoms with Crippen molar-refractivity contribution < 1.29 is 31.1 Å². The van der Waals surface area contributed by atoms with Crippen LogP contribution < -0.4 is 5.32 Å². The largest absolute Gasteiger partial charge is 0.433 e. The van der Waals surface area contributed by atoms with E-state index in [1.54, 1.807) is 30.3 Å². The maximum absolute atomic E-state index is 13.8. The number of rotatable bonds is 3. The summed E-state index contributed by atoms with van der Waals surface area (Å²) in [5.41, 5.74) is -2.76. The first kappa shape index (κ1) is 24.0. The Morgan fingerprint density at radius 3 is 2.29 bits per heavy atom. The number of nitrogens with zero attached hydrogens (tertiary/aromatic N) is 4. The highest BCUT2D eigenvalue weighted by Gasteiger charge is 2.37. The average Bonchev–Trinajstić information content (AvgIpc) is 3.10. The van der Waals surface area contributed by atoms with Crippen molar-refractivity contribution in [3.63, 3.8) is 0 Å². The van der Waals surface area contributed by atoms with Crippen LogP contribution in [-0.2, 0) is 12.4 Å². The number of pyridine rings is 1. The van der Waals surface area contributed by atoms with Crippen LogP contribution >= 0.6 is 27.5 Å². The van der Waals surface area contributed by atoms with Gasteiger partial charge >= 0.3 is 12.4 Å². The standard InChI is InChI=1S/C20H9BrClF6N5O/c21-14-15(18(34)31-16-11(22)6-10(8-29-16)19(23,24)25)32-33-13(20(26,27)28)7-12(30-17(14)33)9-4-2-1-3-5-9/h1-8H,(H,29,31,34). The Labute approximate surface area is 199 Å². The van der Waals surface area contributed by atoms with E-state index in [2.05, 4.69) is 36.3 Å². The molecule has 0 atom stereocenters. The number of alkyl halides is 6. The summed E-state index contributed by atoms with van der Waals surface area (Å²) in [5.74, 6) is -1.50. The molecule has 0 bridgehead atoms. The van der Waals surface area contributed by atoms with E-state index in [9.17, 15) is 31.1 Å². The van der Waals surface area contributed by atoms with E-state index in [1.165, 1.54) is 0 Å². The van der Waals surface area contributed by atoms with E-state index in [4.69, 9.17) is 11.6 Å². The highest BCUT2D eigenvalue weighted by molar-refractivity contribution is 9.10. The van der Waals surface area contributed by atoms with Gasteiger partial charge in [-0.2, -0.15) is 31.4 Å². The van der Waals surface area contributed by atoms with Gasteiger partial charge in [0.2, 0.25) is 0 Å². The number of amides is 1. The molecule has 0 radical (unpaired) electrons. The number of carbonyl (C=O) groups is 1. The third kappa shape index (κ3) is 4.57. The van der Waals surface area contributed by atoms with Crippen molar-refractivity contribution in [2.45, 2.75) is 12.4 Å². The Bertz CT molecular complexity index is 1400. The zero-order chi connectivity index (χ0) is 24.8. The van der Waals surface area contributed by atoms with Gasteiger partial charge in [-0.1, -0.05) is 41.9 Å². The first-order valence-electron chi connectivity index (χ1n) is 9.12. The lowest BCUT2D eigenvalue weighted by Crippen LogP contribution is -2.17. The number of carbonyl (C=O) groups excluding carboxylic acids is 1. The molecule has 0 spiro atoms. The van der Waals surface area contributed by atoms with E-state index in [0.29, 0.717) is 22.3 Å². The lowest BCUT2D eigenvalue weighted by atomic mass is 10.1. The van der Waals surface area contributed by atoms with E-state index in [1.807, 2.05) is 0 Å². The number of aromatic nitrogens is 4. The van der Waals surface area contributed by atoms with Crippen molar-refractivity contribution >= 4 is 44.9 Å². The normalized spacial score (nSPS) is 12.2. The minimum atomic E-state index is -4.85. The van der Waals surface area contributed by atoms with Gasteiger partial charge in [-0.15, -0.1) is 0 Å². The molecule has 1 N–H and O–H groups in total. The van der Waals surface area contributed by atoms with Crippen molar-refractivity contribution in [1.82, 2.24) is 19.6 Å². The van der Waals surface area contributed by atoms with Crippen LogP contribution in [0.2, 0.25) is 5.02 Å². The van der Waals surface area contributed by atoms with Crippen molar-refractivity contribution in [3.8, 4) is 11.3 Å². The molecule has 6 nitrogen and oxygen atoms in total. The number of nitrogens with one attached hydrogen (secondary N) is 1. The highest BCUT2D eigenvalue weighted by Crippen LogP contribution is 2.35. The zero-order valence-corrected chi connectivity index (χ0v) is 18.7. The Balaban J connectivity index is 1.78. The number of hydrogen-bond donors (Lipinski definition) is 1. The number of fused-ring (bicyclic) bond motifs is 1. The van der Waals surface area contributed by atoms with Crippen molar-refractivity contribution in [2.24, 2.45) is 0 Å². The van der Waals surface area contributed by atoms with Crippen molar-refractivity contribution in [3.05, 3.63) is 75.1 Å². The Morgan fingerprint density at radius 2 is 1.71 bits per heavy atom. The molecule has 34 heavy (non-hydrogen) atoms. The fraction of sp³-hybridized carbons (Fsp3) is 0.100. The molecule has 14 heteroatoms. The molecule has 176 valence electrons. The lowest BCUT2D eigenvalue weighted by Gasteiger charge is -2.11. The number of hydrogen-bond acceptors (Lipinski definition) is 4. The summed E-state index contributed by atoms with van der Waals surface area (Å²) in [6.45, 7) is 0. The third-order valence-corrected chi connectivity index (χ3v) is 5.53. The summed E-state index contributed by atoms with van der Waals surface area (Å²) >= 11 is 8.84. The van der Waals surface area contributed by atoms with Gasteiger partial charge in [-0.25, -0.2) is 14.5 Å². The SMILES string of the molecule is O=C(Nc1ncc(C(F)(F)F)cc1Cl)c1nn2c(C(F)(F)F)cc(-c3ccccc3)nc2c1Br. The Morgan fingerprint density at radius 1 is 1.03 bits per heavy atom. The highest BCUT2D eigenvalue weighted by atomic mass is 79.9. The van der Waals surface area contributed by atoms with E-state index >= 15 is 0 Å². The molecule has 0 aliphatic carbocycles. The smallest absolute Gasteiger partial charge is 0.304 e. The summed E-state index contributed by atoms with van der Waals surface area (Å²) < 4.78 is 79.9. The molecule has 0 fully saturated rings. The Kier molecular flexibility index (Phi) is 6.02. The molecule has 0 aliphatic heterocycles. The van der Waals surface area contributed by atoms with Crippen LogP contribution in [0, 0.1) is 0 Å². The molecule has 4 rings (SSSR count). The summed E-state index contributed by atoms with van der Waals surface area (Å²) in [6.07, 6.45) is -9.10. The van der Waals surface area contributed by atoms with Crippen molar-refractivity contribution in [1.29, 1.82) is 0 Å². The van der Waals surface area contributed by atoms with Crippen LogP contribution in [0.15, 0.2) is 53.1 Å². The fourth-order valence-corrected chi connectivity index (χ4v) is 3.68. The van der Waals surface area contributed by atoms with Gasteiger partial charge in [-0.05, 0) is 28.1 Å². The van der Waals surface area contributed by atoms with E-state index in [-0.39, 0.29) is 15.8 Å². The number of benzene rings is 1. The van der Waals surface area contributed by atoms with Gasteiger partial charge in [0.15, 0.2) is 22.9 Å². The molecule has 0 unspecified atom stereocenters. The predicted molar refractivity (Wildman–Crippen MR) is 113 cm³/mol. The second-order valence-corrected chi connectivity index (χ2v) is 7.99. The van der Waals surface area contributed by atoms with Crippen LogP contribution in [0.5, 0.6) is 0 Å². The molecule has 3 aromatic heterocycles. The second-order valence-electron chi connectivity index (χ2n) is 6.79. The molecule has 1 amide bonds. The van der Waals surface area contributed by atoms with Crippen LogP contribution in [0.3, 0.4) is 0 Å². The topological polar surface area (TPSA) is 72.2 Å². The summed E-state index contributed by atoms with van der Waals surface area (Å²) in [6, 6.07) is 9.41. The summed E-state index contributed by atoms with van der Waals surface area (Å²) in [4.78, 5) is 20.4. The summed E-state index contributed by atoms with van der Waals surface area (Å²) in [5, 5.41) is 5.34. The molecular formula is C20H9BrClF6N5O. The third-order valence-electron chi connectivity index (χ3n) is 4.51. The number of anilines is 1. The van der Waals surface area contributed by atoms with Gasteiger partial charge in [0, 0.05) is 11.8 Å². The molecular weight excluding hydrogens is 556 g/mol. The minimum Gasteiger partial charge on any atom is -0.304 e. The summed E-state index contributed by atoms with van der Waals surface area (Å²) in [7, 11) is 0. The average molecular weight is 565 g/mol. The molecule has 0 aliphatic rings. The molecule has 1 aromatic carbocycles. The molecule has 0 saturated heterocycles. The minimum absolute atomic E-state index is 0.0135. The maximum Gasteiger partial charge on any atom is 0.433 e. The van der Waals surface area contributed by atoms with Crippen LogP contribution in [-0.4, -0.2) is 25.5 Å². The Hall–Kier alpha value is -3.19. The van der Waals surface area contributed by atoms with Crippen LogP contribution in [0.4, 0.5) is 32.2 Å². The van der Waals surface area contributed by atoms with Crippen molar-refractivity contribution in [2.75, 3.05) is 5.32 Å². The first-order valence-corrected chi connectivity index (χ1v) is 10.3. The lowest BCUT2D eigenvalue weighted by molar-refractivity contribution is -0.142. The number of halogens is 8. The van der Waals surface area contributed by atoms with Gasteiger partial charge in [0.1, 0.15) is 0 Å². The van der Waals surface area contributed by atoms with E-state index < -0.39 is 46.1 Å². The van der Waals surface area contributed by atoms with Gasteiger partial charge in [-0.3, -0.25) is 4.79 Å². The van der Waals surface area contributed by atoms with Gasteiger partial charge in [0.25, 0.3) is 5.91 Å².